The minimum absolute atomic E-state index is 0.000689. The predicted molar refractivity (Wildman–Crippen MR) is 86.5 cm³/mol. The number of fused-ring (bicyclic) bond motifs is 4. The fraction of sp³-hybridized carbons (Fsp3) is 0.278. The van der Waals surface area contributed by atoms with Gasteiger partial charge < -0.3 is 25.0 Å². The first kappa shape index (κ1) is 14.8. The molecule has 0 saturated heterocycles. The van der Waals surface area contributed by atoms with E-state index < -0.39 is 5.41 Å². The van der Waals surface area contributed by atoms with Crippen LogP contribution >= 0.6 is 0 Å². The monoisotopic (exact) mass is 327 g/mol. The molecule has 2 aromatic carbocycles. The van der Waals surface area contributed by atoms with Crippen molar-refractivity contribution in [2.75, 3.05) is 24.7 Å². The molecule has 0 bridgehead atoms. The van der Waals surface area contributed by atoms with Crippen LogP contribution in [0.4, 0.5) is 5.69 Å². The van der Waals surface area contributed by atoms with Gasteiger partial charge in [-0.25, -0.2) is 0 Å². The van der Waals surface area contributed by atoms with Gasteiger partial charge in [0.05, 0.1) is 0 Å². The Morgan fingerprint density at radius 3 is 2.67 bits per heavy atom. The highest BCUT2D eigenvalue weighted by atomic mass is 16.5. The summed E-state index contributed by atoms with van der Waals surface area (Å²) < 4.78 is 5.68. The number of aromatic hydroxyl groups is 2. The smallest absolute Gasteiger partial charge is 0.245 e. The normalized spacial score (nSPS) is 21.0. The number of hydrogen-bond acceptors (Lipinski definition) is 5. The van der Waals surface area contributed by atoms with Gasteiger partial charge in [0, 0.05) is 30.5 Å². The fourth-order valence-electron chi connectivity index (χ4n) is 3.65. The number of carbonyl (C=O) groups is 1. The van der Waals surface area contributed by atoms with Gasteiger partial charge in [0.25, 0.3) is 0 Å². The lowest BCUT2D eigenvalue weighted by atomic mass is 9.77. The quantitative estimate of drug-likeness (QED) is 0.744. The number of benzene rings is 2. The molecule has 4 rings (SSSR count). The third-order valence-electron chi connectivity index (χ3n) is 4.79. The van der Waals surface area contributed by atoms with Gasteiger partial charge in [0.2, 0.25) is 5.91 Å². The molecule has 0 fully saturated rings. The third-order valence-corrected chi connectivity index (χ3v) is 4.79. The van der Waals surface area contributed by atoms with E-state index in [-0.39, 0.29) is 30.6 Å². The second-order valence-corrected chi connectivity index (χ2v) is 6.08. The van der Waals surface area contributed by atoms with Gasteiger partial charge in [-0.1, -0.05) is 18.2 Å². The van der Waals surface area contributed by atoms with Crippen LogP contribution in [0, 0.1) is 0 Å². The number of anilines is 1. The van der Waals surface area contributed by atoms with Crippen molar-refractivity contribution >= 4 is 11.6 Å². The summed E-state index contributed by atoms with van der Waals surface area (Å²) in [6.45, 7) is 0.533. The van der Waals surface area contributed by atoms with Gasteiger partial charge in [-0.3, -0.25) is 4.79 Å². The van der Waals surface area contributed by atoms with E-state index in [1.165, 1.54) is 12.1 Å². The van der Waals surface area contributed by atoms with Crippen molar-refractivity contribution in [1.82, 2.24) is 0 Å². The summed E-state index contributed by atoms with van der Waals surface area (Å²) in [5, 5.41) is 28.7. The average Bonchev–Trinajstić information content (AvgIpc) is 3.06. The zero-order valence-corrected chi connectivity index (χ0v) is 12.9. The van der Waals surface area contributed by atoms with Crippen LogP contribution in [0.5, 0.6) is 17.2 Å². The van der Waals surface area contributed by atoms with Gasteiger partial charge in [-0.05, 0) is 24.1 Å². The number of ether oxygens (including phenoxy) is 1. The lowest BCUT2D eigenvalue weighted by Crippen LogP contribution is -2.43. The van der Waals surface area contributed by atoms with E-state index in [9.17, 15) is 15.0 Å². The summed E-state index contributed by atoms with van der Waals surface area (Å²) in [7, 11) is 0. The fourth-order valence-corrected chi connectivity index (χ4v) is 3.65. The molecule has 1 atom stereocenters. The maximum atomic E-state index is 13.3. The number of carbonyl (C=O) groups excluding carboxylic acids is 1. The summed E-state index contributed by atoms with van der Waals surface area (Å²) >= 11 is 0. The Kier molecular flexibility index (Phi) is 3.18. The van der Waals surface area contributed by atoms with E-state index >= 15 is 0 Å². The number of rotatable bonds is 3. The molecular weight excluding hydrogens is 310 g/mol. The highest BCUT2D eigenvalue weighted by molar-refractivity contribution is 6.11. The van der Waals surface area contributed by atoms with E-state index in [2.05, 4.69) is 0 Å². The number of amides is 1. The third kappa shape index (κ3) is 1.77. The molecule has 6 nitrogen and oxygen atoms in total. The van der Waals surface area contributed by atoms with Crippen LogP contribution in [0.15, 0.2) is 36.4 Å². The molecule has 2 aliphatic rings. The first-order valence-electron chi connectivity index (χ1n) is 7.81. The summed E-state index contributed by atoms with van der Waals surface area (Å²) in [4.78, 5) is 14.9. The molecule has 0 saturated carbocycles. The van der Waals surface area contributed by atoms with Crippen LogP contribution < -0.4 is 9.64 Å². The highest BCUT2D eigenvalue weighted by Crippen LogP contribution is 2.54. The second kappa shape index (κ2) is 5.14. The molecule has 0 aliphatic carbocycles. The molecule has 0 radical (unpaired) electrons. The zero-order chi connectivity index (χ0) is 16.9. The van der Waals surface area contributed by atoms with Crippen LogP contribution in [0.25, 0.3) is 0 Å². The molecule has 1 unspecified atom stereocenters. The number of para-hydroxylation sites is 1. The van der Waals surface area contributed by atoms with Crippen molar-refractivity contribution in [3.8, 4) is 17.2 Å². The van der Waals surface area contributed by atoms with Crippen LogP contribution in [-0.2, 0) is 10.2 Å². The minimum Gasteiger partial charge on any atom is -0.504 e. The molecule has 0 aromatic heterocycles. The molecule has 24 heavy (non-hydrogen) atoms. The van der Waals surface area contributed by atoms with Crippen LogP contribution in [0.2, 0.25) is 0 Å². The number of nitrogens with zero attached hydrogens (tertiary/aromatic N) is 1. The Labute approximate surface area is 138 Å². The van der Waals surface area contributed by atoms with E-state index in [0.29, 0.717) is 24.3 Å². The van der Waals surface area contributed by atoms with Crippen molar-refractivity contribution in [3.63, 3.8) is 0 Å². The largest absolute Gasteiger partial charge is 0.504 e. The van der Waals surface area contributed by atoms with Crippen molar-refractivity contribution in [3.05, 3.63) is 47.5 Å². The Balaban J connectivity index is 1.91. The van der Waals surface area contributed by atoms with Crippen molar-refractivity contribution in [1.29, 1.82) is 0 Å². The lowest BCUT2D eigenvalue weighted by Gasteiger charge is -2.23. The van der Waals surface area contributed by atoms with E-state index in [1.54, 1.807) is 4.90 Å². The van der Waals surface area contributed by atoms with E-state index in [0.717, 1.165) is 11.3 Å². The van der Waals surface area contributed by atoms with Crippen molar-refractivity contribution in [2.45, 2.75) is 11.8 Å². The van der Waals surface area contributed by atoms with Gasteiger partial charge in [-0.15, -0.1) is 0 Å². The molecule has 2 heterocycles. The Hall–Kier alpha value is -2.73. The first-order valence-corrected chi connectivity index (χ1v) is 7.81. The lowest BCUT2D eigenvalue weighted by molar-refractivity contribution is -0.122. The highest BCUT2D eigenvalue weighted by Gasteiger charge is 2.56. The van der Waals surface area contributed by atoms with Crippen molar-refractivity contribution < 1.29 is 24.9 Å². The topological polar surface area (TPSA) is 90.2 Å². The number of phenolic OH excluding ortho intramolecular Hbond substituents is 2. The summed E-state index contributed by atoms with van der Waals surface area (Å²) in [6, 6.07) is 10.2. The molecule has 3 N–H and O–H groups in total. The maximum Gasteiger partial charge on any atom is 0.245 e. The molecule has 2 aliphatic heterocycles. The molecule has 6 heteroatoms. The second-order valence-electron chi connectivity index (χ2n) is 6.08. The van der Waals surface area contributed by atoms with Crippen LogP contribution in [0.3, 0.4) is 0 Å². The standard InChI is InChI=1S/C18H17NO5/c20-7-3-6-19-13-5-2-1-4-11(13)18(17(19)23)10-24-16-9-15(22)14(21)8-12(16)18/h1-2,4-5,8-9,20-22H,3,6-7,10H2. The molecule has 124 valence electrons. The van der Waals surface area contributed by atoms with E-state index in [1.807, 2.05) is 24.3 Å². The maximum absolute atomic E-state index is 13.3. The Bertz CT molecular complexity index is 834. The zero-order valence-electron chi connectivity index (χ0n) is 12.9. The van der Waals surface area contributed by atoms with Gasteiger partial charge >= 0.3 is 0 Å². The Morgan fingerprint density at radius 1 is 1.12 bits per heavy atom. The van der Waals surface area contributed by atoms with Gasteiger partial charge in [0.15, 0.2) is 11.5 Å². The van der Waals surface area contributed by atoms with E-state index in [4.69, 9.17) is 9.84 Å². The predicted octanol–water partition coefficient (Wildman–Crippen LogP) is 1.51. The minimum atomic E-state index is -1.02. The van der Waals surface area contributed by atoms with Gasteiger partial charge in [-0.2, -0.15) is 0 Å². The first-order chi connectivity index (χ1) is 11.6. The summed E-state index contributed by atoms with van der Waals surface area (Å²) in [6.07, 6.45) is 0.477. The summed E-state index contributed by atoms with van der Waals surface area (Å²) in [5.41, 5.74) is 1.14. The molecular formula is C18H17NO5. The van der Waals surface area contributed by atoms with Crippen LogP contribution in [-0.4, -0.2) is 41.0 Å². The van der Waals surface area contributed by atoms with Crippen molar-refractivity contribution in [2.24, 2.45) is 0 Å². The number of hydrogen-bond donors (Lipinski definition) is 3. The Morgan fingerprint density at radius 2 is 1.88 bits per heavy atom. The number of phenols is 2. The summed E-state index contributed by atoms with van der Waals surface area (Å²) in [5.74, 6) is -0.294. The van der Waals surface area contributed by atoms with Gasteiger partial charge in [0.1, 0.15) is 17.8 Å². The average molecular weight is 327 g/mol. The molecule has 2 aromatic rings. The SMILES string of the molecule is O=C1N(CCCO)c2ccccc2C12COc1cc(O)c(O)cc12. The van der Waals surface area contributed by atoms with Crippen LogP contribution in [0.1, 0.15) is 17.5 Å². The molecule has 1 amide bonds. The molecule has 1 spiro atoms. The number of aliphatic hydroxyl groups is 1. The number of aliphatic hydroxyl groups excluding tert-OH is 1.